The number of nitrogens with one attached hydrogen (secondary N) is 2. The maximum atomic E-state index is 5.65. The van der Waals surface area contributed by atoms with Gasteiger partial charge in [-0.15, -0.1) is 0 Å². The predicted octanol–water partition coefficient (Wildman–Crippen LogP) is 2.62. The van der Waals surface area contributed by atoms with Crippen molar-refractivity contribution in [1.82, 2.24) is 20.5 Å². The lowest BCUT2D eigenvalue weighted by Gasteiger charge is -2.21. The van der Waals surface area contributed by atoms with Crippen molar-refractivity contribution in [3.05, 3.63) is 42.0 Å². The van der Waals surface area contributed by atoms with Crippen LogP contribution in [0.15, 0.2) is 30.6 Å². The third-order valence-electron chi connectivity index (χ3n) is 3.03. The third-order valence-corrected chi connectivity index (χ3v) is 3.03. The SMILES string of the molecule is CCOc1ccccc1C(C)NC(C)c1ncn[nH]1. The Morgan fingerprint density at radius 1 is 1.26 bits per heavy atom. The van der Waals surface area contributed by atoms with Crippen LogP contribution in [0.3, 0.4) is 0 Å². The first-order valence-corrected chi connectivity index (χ1v) is 6.55. The maximum absolute atomic E-state index is 5.65. The van der Waals surface area contributed by atoms with Crippen LogP contribution in [-0.2, 0) is 0 Å². The minimum Gasteiger partial charge on any atom is -0.494 e. The fourth-order valence-electron chi connectivity index (χ4n) is 2.09. The standard InChI is InChI=1S/C14H20N4O/c1-4-19-13-8-6-5-7-12(13)10(2)17-11(3)14-15-9-16-18-14/h5-11,17H,4H2,1-3H3,(H,15,16,18). The molecule has 0 amide bonds. The second-order valence-corrected chi connectivity index (χ2v) is 4.45. The van der Waals surface area contributed by atoms with Crippen LogP contribution in [0.4, 0.5) is 0 Å². The molecule has 2 rings (SSSR count). The highest BCUT2D eigenvalue weighted by atomic mass is 16.5. The second kappa shape index (κ2) is 6.33. The van der Waals surface area contributed by atoms with Gasteiger partial charge in [-0.25, -0.2) is 4.98 Å². The summed E-state index contributed by atoms with van der Waals surface area (Å²) in [6.07, 6.45) is 1.52. The lowest BCUT2D eigenvalue weighted by Crippen LogP contribution is -2.23. The van der Waals surface area contributed by atoms with Gasteiger partial charge in [0.2, 0.25) is 0 Å². The first-order chi connectivity index (χ1) is 9.22. The van der Waals surface area contributed by atoms with Crippen molar-refractivity contribution in [2.45, 2.75) is 32.9 Å². The quantitative estimate of drug-likeness (QED) is 0.838. The van der Waals surface area contributed by atoms with Crippen molar-refractivity contribution in [1.29, 1.82) is 0 Å². The smallest absolute Gasteiger partial charge is 0.141 e. The molecule has 0 spiro atoms. The summed E-state index contributed by atoms with van der Waals surface area (Å²) in [6, 6.07) is 8.36. The first kappa shape index (κ1) is 13.5. The van der Waals surface area contributed by atoms with Gasteiger partial charge in [-0.3, -0.25) is 5.10 Å². The number of hydrogen-bond donors (Lipinski definition) is 2. The number of para-hydroxylation sites is 1. The van der Waals surface area contributed by atoms with E-state index in [4.69, 9.17) is 4.74 Å². The molecule has 2 aromatic rings. The van der Waals surface area contributed by atoms with Gasteiger partial charge in [-0.1, -0.05) is 18.2 Å². The van der Waals surface area contributed by atoms with Gasteiger partial charge in [-0.2, -0.15) is 5.10 Å². The van der Waals surface area contributed by atoms with E-state index in [9.17, 15) is 0 Å². The zero-order valence-electron chi connectivity index (χ0n) is 11.6. The Bertz CT molecular complexity index is 498. The van der Waals surface area contributed by atoms with Crippen LogP contribution in [0, 0.1) is 0 Å². The molecular weight excluding hydrogens is 240 g/mol. The van der Waals surface area contributed by atoms with E-state index in [1.54, 1.807) is 0 Å². The Labute approximate surface area is 113 Å². The van der Waals surface area contributed by atoms with Gasteiger partial charge < -0.3 is 10.1 Å². The number of H-pyrrole nitrogens is 1. The molecule has 1 aromatic heterocycles. The van der Waals surface area contributed by atoms with Crippen molar-refractivity contribution in [3.8, 4) is 5.75 Å². The number of rotatable bonds is 6. The Balaban J connectivity index is 2.09. The molecule has 2 unspecified atom stereocenters. The van der Waals surface area contributed by atoms with Crippen molar-refractivity contribution >= 4 is 0 Å². The summed E-state index contributed by atoms with van der Waals surface area (Å²) in [6.45, 7) is 6.83. The highest BCUT2D eigenvalue weighted by molar-refractivity contribution is 5.35. The zero-order valence-corrected chi connectivity index (χ0v) is 11.6. The number of benzene rings is 1. The van der Waals surface area contributed by atoms with Crippen LogP contribution < -0.4 is 10.1 Å². The van der Waals surface area contributed by atoms with Crippen LogP contribution in [-0.4, -0.2) is 21.8 Å². The van der Waals surface area contributed by atoms with E-state index in [1.807, 2.05) is 25.1 Å². The summed E-state index contributed by atoms with van der Waals surface area (Å²) < 4.78 is 5.65. The van der Waals surface area contributed by atoms with E-state index >= 15 is 0 Å². The second-order valence-electron chi connectivity index (χ2n) is 4.45. The summed E-state index contributed by atoms with van der Waals surface area (Å²) in [7, 11) is 0. The predicted molar refractivity (Wildman–Crippen MR) is 74.0 cm³/mol. The fourth-order valence-corrected chi connectivity index (χ4v) is 2.09. The van der Waals surface area contributed by atoms with E-state index in [0.29, 0.717) is 6.61 Å². The van der Waals surface area contributed by atoms with Crippen LogP contribution >= 0.6 is 0 Å². The van der Waals surface area contributed by atoms with Gasteiger partial charge in [0.15, 0.2) is 0 Å². The molecule has 102 valence electrons. The van der Waals surface area contributed by atoms with Crippen LogP contribution in [0.25, 0.3) is 0 Å². The van der Waals surface area contributed by atoms with E-state index < -0.39 is 0 Å². The van der Waals surface area contributed by atoms with Crippen molar-refractivity contribution in [3.63, 3.8) is 0 Å². The van der Waals surface area contributed by atoms with Gasteiger partial charge in [0.25, 0.3) is 0 Å². The number of aromatic amines is 1. The molecule has 0 bridgehead atoms. The van der Waals surface area contributed by atoms with Crippen LogP contribution in [0.2, 0.25) is 0 Å². The molecule has 0 aliphatic heterocycles. The number of nitrogens with zero attached hydrogens (tertiary/aromatic N) is 2. The summed E-state index contributed by atoms with van der Waals surface area (Å²) >= 11 is 0. The molecule has 5 nitrogen and oxygen atoms in total. The minimum atomic E-state index is 0.104. The molecule has 0 radical (unpaired) electrons. The van der Waals surface area contributed by atoms with E-state index in [1.165, 1.54) is 6.33 Å². The number of aromatic nitrogens is 3. The van der Waals surface area contributed by atoms with Gasteiger partial charge in [-0.05, 0) is 26.8 Å². The molecule has 1 heterocycles. The van der Waals surface area contributed by atoms with E-state index in [0.717, 1.165) is 17.1 Å². The van der Waals surface area contributed by atoms with Crippen LogP contribution in [0.1, 0.15) is 44.2 Å². The van der Waals surface area contributed by atoms with Gasteiger partial charge in [0, 0.05) is 11.6 Å². The third kappa shape index (κ3) is 3.32. The number of hydrogen-bond acceptors (Lipinski definition) is 4. The normalized spacial score (nSPS) is 14.1. The lowest BCUT2D eigenvalue weighted by atomic mass is 10.1. The van der Waals surface area contributed by atoms with Gasteiger partial charge in [0.05, 0.1) is 12.6 Å². The molecule has 0 aliphatic rings. The van der Waals surface area contributed by atoms with E-state index in [2.05, 4.69) is 40.4 Å². The molecule has 0 fully saturated rings. The molecule has 0 aliphatic carbocycles. The minimum absolute atomic E-state index is 0.104. The molecule has 0 saturated carbocycles. The molecule has 5 heteroatoms. The molecular formula is C14H20N4O. The molecule has 0 saturated heterocycles. The average molecular weight is 260 g/mol. The summed E-state index contributed by atoms with van der Waals surface area (Å²) in [5.41, 5.74) is 1.15. The van der Waals surface area contributed by atoms with Crippen molar-refractivity contribution < 1.29 is 4.74 Å². The summed E-state index contributed by atoms with van der Waals surface area (Å²) in [4.78, 5) is 4.16. The van der Waals surface area contributed by atoms with E-state index in [-0.39, 0.29) is 12.1 Å². The Kier molecular flexibility index (Phi) is 4.52. The van der Waals surface area contributed by atoms with Gasteiger partial charge >= 0.3 is 0 Å². The average Bonchev–Trinajstić information content (AvgIpc) is 2.93. The Hall–Kier alpha value is -1.88. The largest absolute Gasteiger partial charge is 0.494 e. The van der Waals surface area contributed by atoms with Crippen LogP contribution in [0.5, 0.6) is 5.75 Å². The monoisotopic (exact) mass is 260 g/mol. The molecule has 19 heavy (non-hydrogen) atoms. The lowest BCUT2D eigenvalue weighted by molar-refractivity contribution is 0.330. The molecule has 1 aromatic carbocycles. The zero-order chi connectivity index (χ0) is 13.7. The highest BCUT2D eigenvalue weighted by Crippen LogP contribution is 2.26. The summed E-state index contributed by atoms with van der Waals surface area (Å²) in [5.74, 6) is 1.76. The highest BCUT2D eigenvalue weighted by Gasteiger charge is 2.15. The topological polar surface area (TPSA) is 62.8 Å². The maximum Gasteiger partial charge on any atom is 0.141 e. The fraction of sp³-hybridized carbons (Fsp3) is 0.429. The first-order valence-electron chi connectivity index (χ1n) is 6.55. The Morgan fingerprint density at radius 2 is 2.05 bits per heavy atom. The molecule has 2 atom stereocenters. The van der Waals surface area contributed by atoms with Crippen molar-refractivity contribution in [2.75, 3.05) is 6.61 Å². The molecule has 2 N–H and O–H groups in total. The summed E-state index contributed by atoms with van der Waals surface area (Å²) in [5, 5.41) is 10.2. The number of ether oxygens (including phenoxy) is 1. The van der Waals surface area contributed by atoms with Gasteiger partial charge in [0.1, 0.15) is 17.9 Å². The van der Waals surface area contributed by atoms with Crippen molar-refractivity contribution in [2.24, 2.45) is 0 Å². The Morgan fingerprint density at radius 3 is 2.74 bits per heavy atom.